The van der Waals surface area contributed by atoms with Gasteiger partial charge in [-0.3, -0.25) is 0 Å². The second kappa shape index (κ2) is 3.89. The Hall–Kier alpha value is -1.97. The summed E-state index contributed by atoms with van der Waals surface area (Å²) >= 11 is 0. The number of nitrogens with two attached hydrogens (primary N) is 1. The van der Waals surface area contributed by atoms with E-state index in [0.717, 1.165) is 11.3 Å². The zero-order chi connectivity index (χ0) is 11.7. The lowest BCUT2D eigenvalue weighted by atomic mass is 10.1. The molecule has 1 aromatic carbocycles. The Balaban J connectivity index is 2.62. The molecule has 1 heterocycles. The standard InChI is InChI=1S/C12H12FN3/c1-7-8(2)15-12(16-11(7)14)9-5-3-4-6-10(9)13/h3-6H,1-2H3,(H2,14,15,16). The predicted octanol–water partition coefficient (Wildman–Crippen LogP) is 2.48. The first kappa shape index (κ1) is 10.5. The van der Waals surface area contributed by atoms with Gasteiger partial charge in [-0.15, -0.1) is 0 Å². The van der Waals surface area contributed by atoms with Crippen LogP contribution in [0.3, 0.4) is 0 Å². The minimum atomic E-state index is -0.342. The fourth-order valence-corrected chi connectivity index (χ4v) is 1.41. The van der Waals surface area contributed by atoms with Gasteiger partial charge < -0.3 is 5.73 Å². The summed E-state index contributed by atoms with van der Waals surface area (Å²) in [5, 5.41) is 0. The normalized spacial score (nSPS) is 10.4. The van der Waals surface area contributed by atoms with Gasteiger partial charge in [0, 0.05) is 11.3 Å². The molecule has 0 amide bonds. The first-order valence-corrected chi connectivity index (χ1v) is 4.95. The first-order valence-electron chi connectivity index (χ1n) is 4.95. The van der Waals surface area contributed by atoms with Gasteiger partial charge in [-0.05, 0) is 26.0 Å². The number of anilines is 1. The third-order valence-electron chi connectivity index (χ3n) is 2.54. The molecule has 0 fully saturated rings. The number of halogens is 1. The minimum Gasteiger partial charge on any atom is -0.383 e. The van der Waals surface area contributed by atoms with Crippen molar-refractivity contribution < 1.29 is 4.39 Å². The molecule has 3 nitrogen and oxygen atoms in total. The number of hydrogen-bond donors (Lipinski definition) is 1. The van der Waals surface area contributed by atoms with E-state index in [-0.39, 0.29) is 5.82 Å². The highest BCUT2D eigenvalue weighted by Gasteiger charge is 2.10. The molecule has 0 aliphatic heterocycles. The average molecular weight is 217 g/mol. The molecule has 0 aliphatic carbocycles. The summed E-state index contributed by atoms with van der Waals surface area (Å²) < 4.78 is 13.5. The molecule has 1 aromatic heterocycles. The molecule has 0 atom stereocenters. The highest BCUT2D eigenvalue weighted by molar-refractivity contribution is 5.59. The van der Waals surface area contributed by atoms with Crippen molar-refractivity contribution in [2.45, 2.75) is 13.8 Å². The molecule has 4 heteroatoms. The minimum absolute atomic E-state index is 0.332. The topological polar surface area (TPSA) is 51.8 Å². The molecule has 0 radical (unpaired) electrons. The third-order valence-corrected chi connectivity index (χ3v) is 2.54. The summed E-state index contributed by atoms with van der Waals surface area (Å²) in [6.07, 6.45) is 0. The molecular weight excluding hydrogens is 205 g/mol. The van der Waals surface area contributed by atoms with Crippen LogP contribution in [0.1, 0.15) is 11.3 Å². The van der Waals surface area contributed by atoms with Crippen LogP contribution in [-0.4, -0.2) is 9.97 Å². The number of rotatable bonds is 1. The van der Waals surface area contributed by atoms with Gasteiger partial charge in [0.1, 0.15) is 11.6 Å². The lowest BCUT2D eigenvalue weighted by Gasteiger charge is -2.07. The number of nitrogens with zero attached hydrogens (tertiary/aromatic N) is 2. The number of benzene rings is 1. The smallest absolute Gasteiger partial charge is 0.164 e. The SMILES string of the molecule is Cc1nc(-c2ccccc2F)nc(N)c1C. The quantitative estimate of drug-likeness (QED) is 0.798. The van der Waals surface area contributed by atoms with Gasteiger partial charge in [-0.25, -0.2) is 14.4 Å². The molecule has 0 saturated heterocycles. The van der Waals surface area contributed by atoms with Crippen LogP contribution in [0.4, 0.5) is 10.2 Å². The van der Waals surface area contributed by atoms with Gasteiger partial charge in [0.25, 0.3) is 0 Å². The molecule has 16 heavy (non-hydrogen) atoms. The molecular formula is C12H12FN3. The number of hydrogen-bond acceptors (Lipinski definition) is 3. The highest BCUT2D eigenvalue weighted by Crippen LogP contribution is 2.21. The van der Waals surface area contributed by atoms with Gasteiger partial charge in [0.2, 0.25) is 0 Å². The Morgan fingerprint density at radius 2 is 1.81 bits per heavy atom. The van der Waals surface area contributed by atoms with Crippen molar-refractivity contribution >= 4 is 5.82 Å². The maximum atomic E-state index is 13.5. The monoisotopic (exact) mass is 217 g/mol. The average Bonchev–Trinajstić information content (AvgIpc) is 2.26. The third kappa shape index (κ3) is 1.74. The summed E-state index contributed by atoms with van der Waals surface area (Å²) in [5.41, 5.74) is 7.71. The van der Waals surface area contributed by atoms with Crippen molar-refractivity contribution in [2.75, 3.05) is 5.73 Å². The van der Waals surface area contributed by atoms with Crippen LogP contribution in [0.2, 0.25) is 0 Å². The van der Waals surface area contributed by atoms with E-state index in [2.05, 4.69) is 9.97 Å². The van der Waals surface area contributed by atoms with Crippen LogP contribution in [0.15, 0.2) is 24.3 Å². The molecule has 0 bridgehead atoms. The van der Waals surface area contributed by atoms with Crippen molar-refractivity contribution in [3.8, 4) is 11.4 Å². The van der Waals surface area contributed by atoms with Crippen molar-refractivity contribution in [3.05, 3.63) is 41.3 Å². The Morgan fingerprint density at radius 1 is 1.12 bits per heavy atom. The lowest BCUT2D eigenvalue weighted by Crippen LogP contribution is -2.02. The number of aromatic nitrogens is 2. The van der Waals surface area contributed by atoms with Crippen molar-refractivity contribution in [3.63, 3.8) is 0 Å². The van der Waals surface area contributed by atoms with E-state index < -0.39 is 0 Å². The van der Waals surface area contributed by atoms with E-state index >= 15 is 0 Å². The van der Waals surface area contributed by atoms with Crippen LogP contribution >= 0.6 is 0 Å². The maximum Gasteiger partial charge on any atom is 0.164 e. The molecule has 0 spiro atoms. The molecule has 82 valence electrons. The van der Waals surface area contributed by atoms with E-state index in [9.17, 15) is 4.39 Å². The molecule has 0 unspecified atom stereocenters. The zero-order valence-electron chi connectivity index (χ0n) is 9.16. The summed E-state index contributed by atoms with van der Waals surface area (Å²) in [4.78, 5) is 8.32. The lowest BCUT2D eigenvalue weighted by molar-refractivity contribution is 0.630. The van der Waals surface area contributed by atoms with Gasteiger partial charge in [-0.1, -0.05) is 12.1 Å². The largest absolute Gasteiger partial charge is 0.383 e. The van der Waals surface area contributed by atoms with Crippen LogP contribution in [0, 0.1) is 19.7 Å². The van der Waals surface area contributed by atoms with E-state index in [1.807, 2.05) is 13.8 Å². The predicted molar refractivity (Wildman–Crippen MR) is 61.3 cm³/mol. The first-order chi connectivity index (χ1) is 7.59. The summed E-state index contributed by atoms with van der Waals surface area (Å²) in [7, 11) is 0. The zero-order valence-corrected chi connectivity index (χ0v) is 9.16. The molecule has 2 rings (SSSR count). The van der Waals surface area contributed by atoms with Crippen LogP contribution in [0.5, 0.6) is 0 Å². The Morgan fingerprint density at radius 3 is 2.44 bits per heavy atom. The van der Waals surface area contributed by atoms with Gasteiger partial charge in [0.05, 0.1) is 5.56 Å². The van der Waals surface area contributed by atoms with Crippen molar-refractivity contribution in [1.29, 1.82) is 0 Å². The van der Waals surface area contributed by atoms with E-state index in [4.69, 9.17) is 5.73 Å². The van der Waals surface area contributed by atoms with E-state index in [1.54, 1.807) is 18.2 Å². The maximum absolute atomic E-state index is 13.5. The Kier molecular flexibility index (Phi) is 2.56. The van der Waals surface area contributed by atoms with Crippen molar-refractivity contribution in [1.82, 2.24) is 9.97 Å². The number of nitrogen functional groups attached to an aromatic ring is 1. The second-order valence-electron chi connectivity index (χ2n) is 3.62. The Bertz CT molecular complexity index is 515. The molecule has 0 saturated carbocycles. The second-order valence-corrected chi connectivity index (χ2v) is 3.62. The number of aryl methyl sites for hydroxylation is 1. The summed E-state index contributed by atoms with van der Waals surface area (Å²) in [5.74, 6) is 0.384. The summed E-state index contributed by atoms with van der Waals surface area (Å²) in [6, 6.07) is 6.39. The summed E-state index contributed by atoms with van der Waals surface area (Å²) in [6.45, 7) is 3.67. The van der Waals surface area contributed by atoms with Gasteiger partial charge in [0.15, 0.2) is 5.82 Å². The molecule has 0 aliphatic rings. The fourth-order valence-electron chi connectivity index (χ4n) is 1.41. The highest BCUT2D eigenvalue weighted by atomic mass is 19.1. The van der Waals surface area contributed by atoms with Gasteiger partial charge >= 0.3 is 0 Å². The van der Waals surface area contributed by atoms with E-state index in [0.29, 0.717) is 17.2 Å². The van der Waals surface area contributed by atoms with Crippen LogP contribution < -0.4 is 5.73 Å². The van der Waals surface area contributed by atoms with Crippen LogP contribution in [-0.2, 0) is 0 Å². The van der Waals surface area contributed by atoms with Crippen LogP contribution in [0.25, 0.3) is 11.4 Å². The molecule has 2 N–H and O–H groups in total. The van der Waals surface area contributed by atoms with Crippen molar-refractivity contribution in [2.24, 2.45) is 0 Å². The van der Waals surface area contributed by atoms with E-state index in [1.165, 1.54) is 6.07 Å². The fraction of sp³-hybridized carbons (Fsp3) is 0.167. The Labute approximate surface area is 93.2 Å². The molecule has 2 aromatic rings. The van der Waals surface area contributed by atoms with Gasteiger partial charge in [-0.2, -0.15) is 0 Å².